The molecule has 1 aromatic heterocycles. The zero-order valence-corrected chi connectivity index (χ0v) is 19.8. The molecule has 2 heterocycles. The Morgan fingerprint density at radius 2 is 1.74 bits per heavy atom. The van der Waals surface area contributed by atoms with Gasteiger partial charge in [0.25, 0.3) is 5.89 Å². The lowest BCUT2D eigenvalue weighted by molar-refractivity contribution is 0.396. The third-order valence-corrected chi connectivity index (χ3v) is 6.48. The van der Waals surface area contributed by atoms with Crippen LogP contribution in [0.1, 0.15) is 30.0 Å². The van der Waals surface area contributed by atoms with Crippen molar-refractivity contribution < 1.29 is 8.91 Å². The molecule has 0 spiro atoms. The number of aromatic nitrogens is 2. The summed E-state index contributed by atoms with van der Waals surface area (Å²) in [4.78, 5) is 6.64. The molecule has 8 heteroatoms. The highest BCUT2D eigenvalue weighted by molar-refractivity contribution is 7.80. The molecule has 1 aliphatic heterocycles. The molecule has 0 radical (unpaired) electrons. The molecule has 3 aromatic carbocycles. The number of thiocarbonyl (C=S) groups is 1. The van der Waals surface area contributed by atoms with Gasteiger partial charge in [-0.1, -0.05) is 77.4 Å². The van der Waals surface area contributed by atoms with Crippen molar-refractivity contribution in [2.75, 3.05) is 0 Å². The van der Waals surface area contributed by atoms with Crippen LogP contribution in [0, 0.1) is 5.82 Å². The van der Waals surface area contributed by atoms with Gasteiger partial charge in [0.05, 0.1) is 18.2 Å². The molecule has 0 saturated carbocycles. The molecule has 0 aliphatic carbocycles. The first-order valence-corrected chi connectivity index (χ1v) is 11.5. The van der Waals surface area contributed by atoms with E-state index in [1.165, 1.54) is 12.1 Å². The number of benzene rings is 3. The zero-order chi connectivity index (χ0) is 23.7. The van der Waals surface area contributed by atoms with E-state index < -0.39 is 0 Å². The van der Waals surface area contributed by atoms with Crippen molar-refractivity contribution in [3.63, 3.8) is 0 Å². The van der Waals surface area contributed by atoms with Crippen molar-refractivity contribution in [3.8, 4) is 11.4 Å². The Hall–Kier alpha value is -3.55. The first-order chi connectivity index (χ1) is 16.5. The average molecular weight is 491 g/mol. The van der Waals surface area contributed by atoms with Gasteiger partial charge >= 0.3 is 0 Å². The quantitative estimate of drug-likeness (QED) is 0.327. The Balaban J connectivity index is 1.61. The standard InChI is InChI=1S/C26H20ClFN4OS/c1-16-22(25-30-24(31-33-25)18-7-3-2-4-8-18)23(17-11-13-20(28)14-12-17)29-26(34)32(16)15-19-9-5-6-10-21(19)27/h2-14,23H,15H2,1H3,(H,29,34). The van der Waals surface area contributed by atoms with Gasteiger partial charge in [-0.05, 0) is 48.5 Å². The second kappa shape index (κ2) is 9.37. The van der Waals surface area contributed by atoms with Crippen molar-refractivity contribution in [1.29, 1.82) is 0 Å². The van der Waals surface area contributed by atoms with Gasteiger partial charge in [0.1, 0.15) is 5.82 Å². The van der Waals surface area contributed by atoms with E-state index in [0.717, 1.165) is 28.0 Å². The lowest BCUT2D eigenvalue weighted by Crippen LogP contribution is -2.45. The van der Waals surface area contributed by atoms with Crippen LogP contribution < -0.4 is 5.32 Å². The fraction of sp³-hybridized carbons (Fsp3) is 0.115. The number of halogens is 2. The van der Waals surface area contributed by atoms with Gasteiger partial charge in [0, 0.05) is 16.3 Å². The third-order valence-electron chi connectivity index (χ3n) is 5.77. The molecule has 34 heavy (non-hydrogen) atoms. The van der Waals surface area contributed by atoms with E-state index in [9.17, 15) is 4.39 Å². The summed E-state index contributed by atoms with van der Waals surface area (Å²) in [6.07, 6.45) is 0. The predicted octanol–water partition coefficient (Wildman–Crippen LogP) is 6.39. The van der Waals surface area contributed by atoms with E-state index in [0.29, 0.717) is 28.4 Å². The van der Waals surface area contributed by atoms with Gasteiger partial charge < -0.3 is 14.7 Å². The maximum atomic E-state index is 13.6. The molecule has 0 fully saturated rings. The van der Waals surface area contributed by atoms with E-state index in [2.05, 4.69) is 15.5 Å². The number of rotatable bonds is 5. The summed E-state index contributed by atoms with van der Waals surface area (Å²) in [7, 11) is 0. The molecule has 1 unspecified atom stereocenters. The molecule has 0 saturated heterocycles. The van der Waals surface area contributed by atoms with Crippen molar-refractivity contribution in [1.82, 2.24) is 20.4 Å². The molecule has 0 bridgehead atoms. The van der Waals surface area contributed by atoms with E-state index in [1.54, 1.807) is 12.1 Å². The van der Waals surface area contributed by atoms with Gasteiger partial charge in [-0.2, -0.15) is 4.98 Å². The summed E-state index contributed by atoms with van der Waals surface area (Å²) in [6, 6.07) is 23.2. The molecular weight excluding hydrogens is 471 g/mol. The maximum Gasteiger partial charge on any atom is 0.258 e. The topological polar surface area (TPSA) is 54.2 Å². The third kappa shape index (κ3) is 4.32. The highest BCUT2D eigenvalue weighted by atomic mass is 35.5. The van der Waals surface area contributed by atoms with Crippen LogP contribution in [-0.4, -0.2) is 20.2 Å². The van der Waals surface area contributed by atoms with Crippen LogP contribution in [0.4, 0.5) is 4.39 Å². The van der Waals surface area contributed by atoms with Crippen LogP contribution in [-0.2, 0) is 6.54 Å². The summed E-state index contributed by atoms with van der Waals surface area (Å²) in [5, 5.41) is 8.76. The minimum Gasteiger partial charge on any atom is -0.351 e. The zero-order valence-electron chi connectivity index (χ0n) is 18.2. The monoisotopic (exact) mass is 490 g/mol. The maximum absolute atomic E-state index is 13.6. The van der Waals surface area contributed by atoms with Crippen LogP contribution >= 0.6 is 23.8 Å². The first-order valence-electron chi connectivity index (χ1n) is 10.7. The lowest BCUT2D eigenvalue weighted by Gasteiger charge is -2.37. The van der Waals surface area contributed by atoms with Crippen molar-refractivity contribution >= 4 is 34.5 Å². The van der Waals surface area contributed by atoms with Crippen molar-refractivity contribution in [2.45, 2.75) is 19.5 Å². The summed E-state index contributed by atoms with van der Waals surface area (Å²) in [6.45, 7) is 2.43. The van der Waals surface area contributed by atoms with Gasteiger partial charge in [-0.25, -0.2) is 4.39 Å². The van der Waals surface area contributed by atoms with Gasteiger partial charge in [-0.15, -0.1) is 0 Å². The summed E-state index contributed by atoms with van der Waals surface area (Å²) >= 11 is 12.2. The molecule has 1 N–H and O–H groups in total. The molecule has 1 atom stereocenters. The van der Waals surface area contributed by atoms with E-state index in [1.807, 2.05) is 66.4 Å². The van der Waals surface area contributed by atoms with Crippen LogP contribution in [0.5, 0.6) is 0 Å². The number of allylic oxidation sites excluding steroid dienone is 1. The Morgan fingerprint density at radius 3 is 2.47 bits per heavy atom. The van der Waals surface area contributed by atoms with E-state index >= 15 is 0 Å². The summed E-state index contributed by atoms with van der Waals surface area (Å²) in [5.74, 6) is 0.540. The van der Waals surface area contributed by atoms with Crippen LogP contribution in [0.15, 0.2) is 89.1 Å². The van der Waals surface area contributed by atoms with Gasteiger partial charge in [-0.3, -0.25) is 0 Å². The Kier molecular flexibility index (Phi) is 6.13. The smallest absolute Gasteiger partial charge is 0.258 e. The Labute approximate surface area is 206 Å². The molecule has 1 aliphatic rings. The minimum absolute atomic E-state index is 0.311. The largest absolute Gasteiger partial charge is 0.351 e. The molecule has 4 aromatic rings. The van der Waals surface area contributed by atoms with Crippen molar-refractivity contribution in [2.24, 2.45) is 0 Å². The predicted molar refractivity (Wildman–Crippen MR) is 134 cm³/mol. The molecule has 5 rings (SSSR count). The SMILES string of the molecule is CC1=C(c2nc(-c3ccccc3)no2)C(c2ccc(F)cc2)NC(=S)N1Cc1ccccc1Cl. The van der Waals surface area contributed by atoms with Gasteiger partial charge in [0.15, 0.2) is 5.11 Å². The van der Waals surface area contributed by atoms with E-state index in [4.69, 9.17) is 28.3 Å². The second-order valence-electron chi connectivity index (χ2n) is 7.90. The Bertz CT molecular complexity index is 1370. The summed E-state index contributed by atoms with van der Waals surface area (Å²) < 4.78 is 19.4. The van der Waals surface area contributed by atoms with Gasteiger partial charge in [0.2, 0.25) is 5.82 Å². The highest BCUT2D eigenvalue weighted by Gasteiger charge is 2.34. The van der Waals surface area contributed by atoms with E-state index in [-0.39, 0.29) is 11.9 Å². The molecule has 0 amide bonds. The molecular formula is C26H20ClFN4OS. The second-order valence-corrected chi connectivity index (χ2v) is 8.69. The normalized spacial score (nSPS) is 16.0. The van der Waals surface area contributed by atoms with Crippen LogP contribution in [0.2, 0.25) is 5.02 Å². The Morgan fingerprint density at radius 1 is 1.03 bits per heavy atom. The van der Waals surface area contributed by atoms with Crippen molar-refractivity contribution in [3.05, 3.63) is 112 Å². The summed E-state index contributed by atoms with van der Waals surface area (Å²) in [5.41, 5.74) is 4.22. The highest BCUT2D eigenvalue weighted by Crippen LogP contribution is 2.38. The number of hydrogen-bond acceptors (Lipinski definition) is 4. The number of nitrogens with one attached hydrogen (secondary N) is 1. The fourth-order valence-electron chi connectivity index (χ4n) is 3.99. The first kappa shape index (κ1) is 22.3. The minimum atomic E-state index is -0.389. The molecule has 5 nitrogen and oxygen atoms in total. The van der Waals surface area contributed by atoms with Crippen LogP contribution in [0.3, 0.4) is 0 Å². The lowest BCUT2D eigenvalue weighted by atomic mass is 9.94. The average Bonchev–Trinajstić information content (AvgIpc) is 3.33. The molecule has 170 valence electrons. The number of hydrogen-bond donors (Lipinski definition) is 1. The van der Waals surface area contributed by atoms with Crippen LogP contribution in [0.25, 0.3) is 17.0 Å². The number of nitrogens with zero attached hydrogens (tertiary/aromatic N) is 3. The fourth-order valence-corrected chi connectivity index (χ4v) is 4.50.